The Morgan fingerprint density at radius 2 is 2.10 bits per heavy atom. The number of ether oxygens (including phenoxy) is 1. The van der Waals surface area contributed by atoms with Gasteiger partial charge in [0.1, 0.15) is 10.6 Å². The molecule has 3 N–H and O–H groups in total. The minimum Gasteiger partial charge on any atom is -0.438 e. The van der Waals surface area contributed by atoms with E-state index in [1.807, 2.05) is 29.6 Å². The Morgan fingerprint density at radius 3 is 2.86 bits per heavy atom. The molecule has 2 aromatic heterocycles. The molecular formula is C15H16N4OS. The zero-order valence-electron chi connectivity index (χ0n) is 11.8. The maximum Gasteiger partial charge on any atom is 0.241 e. The second-order valence-electron chi connectivity index (χ2n) is 4.97. The molecule has 0 spiro atoms. The molecule has 0 aliphatic rings. The second-order valence-corrected chi connectivity index (χ2v) is 5.86. The van der Waals surface area contributed by atoms with Crippen LogP contribution in [-0.2, 0) is 0 Å². The lowest BCUT2D eigenvalue weighted by molar-refractivity contribution is 0.468. The smallest absolute Gasteiger partial charge is 0.241 e. The maximum absolute atomic E-state index is 5.94. The number of hydrazine groups is 1. The van der Waals surface area contributed by atoms with E-state index in [4.69, 9.17) is 10.6 Å². The van der Waals surface area contributed by atoms with Crippen LogP contribution in [0.25, 0.3) is 10.2 Å². The van der Waals surface area contributed by atoms with E-state index < -0.39 is 0 Å². The van der Waals surface area contributed by atoms with Gasteiger partial charge in [-0.15, -0.1) is 11.3 Å². The first-order chi connectivity index (χ1) is 10.2. The number of hydrogen-bond donors (Lipinski definition) is 2. The summed E-state index contributed by atoms with van der Waals surface area (Å²) in [5, 5.41) is 2.84. The zero-order valence-corrected chi connectivity index (χ0v) is 12.6. The highest BCUT2D eigenvalue weighted by Crippen LogP contribution is 2.32. The lowest BCUT2D eigenvalue weighted by atomic mass is 10.0. The van der Waals surface area contributed by atoms with Crippen LogP contribution in [-0.4, -0.2) is 9.97 Å². The third-order valence-electron chi connectivity index (χ3n) is 3.16. The van der Waals surface area contributed by atoms with Crippen molar-refractivity contribution in [2.45, 2.75) is 19.8 Å². The zero-order chi connectivity index (χ0) is 14.8. The van der Waals surface area contributed by atoms with Crippen molar-refractivity contribution in [3.63, 3.8) is 0 Å². The largest absolute Gasteiger partial charge is 0.438 e. The number of fused-ring (bicyclic) bond motifs is 1. The van der Waals surface area contributed by atoms with Gasteiger partial charge in [0.05, 0.1) is 5.39 Å². The average molecular weight is 300 g/mol. The number of thiophene rings is 1. The van der Waals surface area contributed by atoms with E-state index in [0.29, 0.717) is 17.7 Å². The number of nitrogens with two attached hydrogens (primary N) is 1. The van der Waals surface area contributed by atoms with Crippen molar-refractivity contribution in [1.29, 1.82) is 0 Å². The molecule has 0 saturated carbocycles. The van der Waals surface area contributed by atoms with Crippen molar-refractivity contribution >= 4 is 27.5 Å². The van der Waals surface area contributed by atoms with Crippen molar-refractivity contribution in [2.75, 3.05) is 5.43 Å². The molecule has 1 aromatic carbocycles. The first kappa shape index (κ1) is 13.8. The molecular weight excluding hydrogens is 284 g/mol. The van der Waals surface area contributed by atoms with Gasteiger partial charge in [-0.05, 0) is 35.1 Å². The van der Waals surface area contributed by atoms with Crippen LogP contribution < -0.4 is 16.0 Å². The van der Waals surface area contributed by atoms with Gasteiger partial charge in [0.15, 0.2) is 0 Å². The van der Waals surface area contributed by atoms with Crippen molar-refractivity contribution in [2.24, 2.45) is 5.84 Å². The van der Waals surface area contributed by atoms with Crippen LogP contribution >= 0.6 is 11.3 Å². The third-order valence-corrected chi connectivity index (χ3v) is 3.97. The van der Waals surface area contributed by atoms with Crippen LogP contribution in [0.3, 0.4) is 0 Å². The standard InChI is InChI=1S/C15H16N4OS/c1-9(2)10-4-3-5-11(8-10)20-13-12-6-7-21-14(12)18-15(17-13)19-16/h3-9H,16H2,1-2H3,(H,17,18,19). The topological polar surface area (TPSA) is 73.1 Å². The number of hydrogen-bond acceptors (Lipinski definition) is 6. The number of benzene rings is 1. The molecule has 21 heavy (non-hydrogen) atoms. The van der Waals surface area contributed by atoms with Crippen LogP contribution in [0.4, 0.5) is 5.95 Å². The van der Waals surface area contributed by atoms with Gasteiger partial charge in [-0.25, -0.2) is 10.8 Å². The Balaban J connectivity index is 2.01. The van der Waals surface area contributed by atoms with Gasteiger partial charge >= 0.3 is 0 Å². The van der Waals surface area contributed by atoms with Gasteiger partial charge in [-0.2, -0.15) is 4.98 Å². The fraction of sp³-hybridized carbons (Fsp3) is 0.200. The first-order valence-corrected chi connectivity index (χ1v) is 7.55. The Kier molecular flexibility index (Phi) is 3.72. The second kappa shape index (κ2) is 5.67. The van der Waals surface area contributed by atoms with E-state index >= 15 is 0 Å². The van der Waals surface area contributed by atoms with E-state index in [1.54, 1.807) is 0 Å². The Morgan fingerprint density at radius 1 is 1.24 bits per heavy atom. The summed E-state index contributed by atoms with van der Waals surface area (Å²) in [6.07, 6.45) is 0. The molecule has 3 aromatic rings. The van der Waals surface area contributed by atoms with Crippen LogP contribution in [0, 0.1) is 0 Å². The molecule has 6 heteroatoms. The summed E-state index contributed by atoms with van der Waals surface area (Å²) in [6, 6.07) is 9.97. The van der Waals surface area contributed by atoms with Crippen LogP contribution in [0.5, 0.6) is 11.6 Å². The Bertz CT molecular complexity index is 769. The lowest BCUT2D eigenvalue weighted by Crippen LogP contribution is -2.10. The SMILES string of the molecule is CC(C)c1cccc(Oc2nc(NN)nc3sccc23)c1. The summed E-state index contributed by atoms with van der Waals surface area (Å²) < 4.78 is 5.94. The normalized spacial score (nSPS) is 11.0. The molecule has 108 valence electrons. The van der Waals surface area contributed by atoms with E-state index in [0.717, 1.165) is 16.0 Å². The molecule has 0 fully saturated rings. The quantitative estimate of drug-likeness (QED) is 0.565. The van der Waals surface area contributed by atoms with Crippen molar-refractivity contribution < 1.29 is 4.74 Å². The summed E-state index contributed by atoms with van der Waals surface area (Å²) in [4.78, 5) is 9.43. The van der Waals surface area contributed by atoms with Crippen LogP contribution in [0.1, 0.15) is 25.3 Å². The molecule has 0 radical (unpaired) electrons. The lowest BCUT2D eigenvalue weighted by Gasteiger charge is -2.10. The minimum atomic E-state index is 0.347. The number of nitrogens with zero attached hydrogens (tertiary/aromatic N) is 2. The molecule has 0 aliphatic heterocycles. The van der Waals surface area contributed by atoms with Gasteiger partial charge in [0.25, 0.3) is 0 Å². The molecule has 0 atom stereocenters. The highest BCUT2D eigenvalue weighted by atomic mass is 32.1. The fourth-order valence-electron chi connectivity index (χ4n) is 2.02. The molecule has 3 rings (SSSR count). The molecule has 2 heterocycles. The number of nitrogen functional groups attached to an aromatic ring is 1. The van der Waals surface area contributed by atoms with E-state index in [-0.39, 0.29) is 0 Å². The Hall–Kier alpha value is -2.18. The number of anilines is 1. The van der Waals surface area contributed by atoms with Crippen LogP contribution in [0.2, 0.25) is 0 Å². The first-order valence-electron chi connectivity index (χ1n) is 6.67. The van der Waals surface area contributed by atoms with Gasteiger partial charge < -0.3 is 4.74 Å². The van der Waals surface area contributed by atoms with E-state index in [2.05, 4.69) is 35.3 Å². The number of rotatable bonds is 4. The monoisotopic (exact) mass is 300 g/mol. The van der Waals surface area contributed by atoms with E-state index in [1.165, 1.54) is 16.9 Å². The molecule has 5 nitrogen and oxygen atoms in total. The predicted molar refractivity (Wildman–Crippen MR) is 85.8 cm³/mol. The summed E-state index contributed by atoms with van der Waals surface area (Å²) in [7, 11) is 0. The van der Waals surface area contributed by atoms with Crippen molar-refractivity contribution in [1.82, 2.24) is 9.97 Å². The maximum atomic E-state index is 5.94. The number of aromatic nitrogens is 2. The highest BCUT2D eigenvalue weighted by Gasteiger charge is 2.11. The fourth-order valence-corrected chi connectivity index (χ4v) is 2.77. The average Bonchev–Trinajstić information content (AvgIpc) is 2.96. The third kappa shape index (κ3) is 2.81. The molecule has 0 amide bonds. The molecule has 0 bridgehead atoms. The summed E-state index contributed by atoms with van der Waals surface area (Å²) in [5.41, 5.74) is 3.69. The Labute approximate surface area is 126 Å². The summed E-state index contributed by atoms with van der Waals surface area (Å²) >= 11 is 1.52. The highest BCUT2D eigenvalue weighted by molar-refractivity contribution is 7.16. The predicted octanol–water partition coefficient (Wildman–Crippen LogP) is 3.89. The van der Waals surface area contributed by atoms with Gasteiger partial charge in [-0.3, -0.25) is 5.43 Å². The molecule has 0 aliphatic carbocycles. The molecule has 0 saturated heterocycles. The number of nitrogens with one attached hydrogen (secondary N) is 1. The van der Waals surface area contributed by atoms with Gasteiger partial charge in [-0.1, -0.05) is 26.0 Å². The van der Waals surface area contributed by atoms with E-state index in [9.17, 15) is 0 Å². The van der Waals surface area contributed by atoms with Gasteiger partial charge in [0.2, 0.25) is 11.8 Å². The van der Waals surface area contributed by atoms with Crippen LogP contribution in [0.15, 0.2) is 35.7 Å². The van der Waals surface area contributed by atoms with Crippen molar-refractivity contribution in [3.05, 3.63) is 41.3 Å². The van der Waals surface area contributed by atoms with Gasteiger partial charge in [0, 0.05) is 0 Å². The molecule has 0 unspecified atom stereocenters. The van der Waals surface area contributed by atoms with Crippen molar-refractivity contribution in [3.8, 4) is 11.6 Å². The summed E-state index contributed by atoms with van der Waals surface area (Å²) in [5.74, 6) is 7.47. The minimum absolute atomic E-state index is 0.347. The summed E-state index contributed by atoms with van der Waals surface area (Å²) in [6.45, 7) is 4.30.